The van der Waals surface area contributed by atoms with Crippen molar-refractivity contribution < 1.29 is 14.2 Å². The van der Waals surface area contributed by atoms with Crippen molar-refractivity contribution in [2.45, 2.75) is 19.9 Å². The van der Waals surface area contributed by atoms with E-state index < -0.39 is 0 Å². The number of hydrogen-bond acceptors (Lipinski definition) is 4. The molecule has 2 aromatic carbocycles. The maximum atomic E-state index is 5.47. The standard InChI is InChI=1S/C21H29N3O3.HI/c1-5-22-21(23-14-13-16-9-11-18(25-2)12-10-16)24-15-17-7-6-8-19(26-3)20(17)27-4;/h6-12H,5,13-15H2,1-4H3,(H2,22,23,24);1H. The number of benzene rings is 2. The van der Waals surface area contributed by atoms with Crippen LogP contribution < -0.4 is 24.8 Å². The second-order valence-corrected chi connectivity index (χ2v) is 5.87. The monoisotopic (exact) mass is 499 g/mol. The number of nitrogens with zero attached hydrogens (tertiary/aromatic N) is 1. The van der Waals surface area contributed by atoms with Crippen molar-refractivity contribution in [3.63, 3.8) is 0 Å². The first kappa shape index (κ1) is 23.9. The number of rotatable bonds is 9. The van der Waals surface area contributed by atoms with Crippen molar-refractivity contribution in [1.29, 1.82) is 0 Å². The van der Waals surface area contributed by atoms with Crippen LogP contribution in [0.25, 0.3) is 0 Å². The molecule has 2 aromatic rings. The molecule has 7 heteroatoms. The molecule has 0 aliphatic rings. The normalized spacial score (nSPS) is 10.6. The summed E-state index contributed by atoms with van der Waals surface area (Å²) in [5.74, 6) is 3.07. The zero-order valence-electron chi connectivity index (χ0n) is 17.0. The third kappa shape index (κ3) is 7.10. The fraction of sp³-hybridized carbons (Fsp3) is 0.381. The summed E-state index contributed by atoms with van der Waals surface area (Å²) in [6.07, 6.45) is 0.900. The molecule has 2 N–H and O–H groups in total. The van der Waals surface area contributed by atoms with Crippen LogP contribution in [0.2, 0.25) is 0 Å². The average molecular weight is 499 g/mol. The Morgan fingerprint density at radius 3 is 2.29 bits per heavy atom. The predicted molar refractivity (Wildman–Crippen MR) is 124 cm³/mol. The van der Waals surface area contributed by atoms with Gasteiger partial charge in [0.05, 0.1) is 27.9 Å². The molecule has 0 aliphatic heterocycles. The minimum Gasteiger partial charge on any atom is -0.497 e. The van der Waals surface area contributed by atoms with Crippen LogP contribution in [-0.2, 0) is 13.0 Å². The predicted octanol–water partition coefficient (Wildman–Crippen LogP) is 3.63. The lowest BCUT2D eigenvalue weighted by atomic mass is 10.1. The van der Waals surface area contributed by atoms with E-state index >= 15 is 0 Å². The molecule has 0 fully saturated rings. The minimum atomic E-state index is 0. The smallest absolute Gasteiger partial charge is 0.191 e. The van der Waals surface area contributed by atoms with Crippen molar-refractivity contribution in [3.8, 4) is 17.2 Å². The first-order valence-electron chi connectivity index (χ1n) is 9.06. The maximum absolute atomic E-state index is 5.47. The molecule has 0 radical (unpaired) electrons. The summed E-state index contributed by atoms with van der Waals surface area (Å²) in [5.41, 5.74) is 2.22. The van der Waals surface area contributed by atoms with Crippen LogP contribution >= 0.6 is 24.0 Å². The van der Waals surface area contributed by atoms with Crippen LogP contribution in [0.15, 0.2) is 47.5 Å². The van der Waals surface area contributed by atoms with Gasteiger partial charge in [0.2, 0.25) is 0 Å². The van der Waals surface area contributed by atoms with Crippen molar-refractivity contribution >= 4 is 29.9 Å². The highest BCUT2D eigenvalue weighted by Crippen LogP contribution is 2.31. The van der Waals surface area contributed by atoms with Crippen molar-refractivity contribution in [2.24, 2.45) is 4.99 Å². The zero-order chi connectivity index (χ0) is 19.5. The summed E-state index contributed by atoms with van der Waals surface area (Å²) < 4.78 is 16.0. The van der Waals surface area contributed by atoms with Crippen molar-refractivity contribution in [1.82, 2.24) is 10.6 Å². The van der Waals surface area contributed by atoms with Gasteiger partial charge in [0.1, 0.15) is 5.75 Å². The first-order chi connectivity index (χ1) is 13.2. The van der Waals surface area contributed by atoms with Gasteiger partial charge in [0.15, 0.2) is 17.5 Å². The maximum Gasteiger partial charge on any atom is 0.191 e. The highest BCUT2D eigenvalue weighted by molar-refractivity contribution is 14.0. The molecular weight excluding hydrogens is 469 g/mol. The third-order valence-electron chi connectivity index (χ3n) is 4.10. The molecule has 2 rings (SSSR count). The number of hydrogen-bond donors (Lipinski definition) is 2. The Hall–Kier alpha value is -2.16. The number of aliphatic imine (C=N–C) groups is 1. The van der Waals surface area contributed by atoms with Crippen LogP contribution in [0.4, 0.5) is 0 Å². The summed E-state index contributed by atoms with van der Waals surface area (Å²) in [6, 6.07) is 13.9. The second-order valence-electron chi connectivity index (χ2n) is 5.87. The van der Waals surface area contributed by atoms with E-state index in [1.165, 1.54) is 5.56 Å². The molecule has 0 spiro atoms. The molecule has 0 aromatic heterocycles. The van der Waals surface area contributed by atoms with Gasteiger partial charge in [-0.15, -0.1) is 24.0 Å². The minimum absolute atomic E-state index is 0. The van der Waals surface area contributed by atoms with Crippen LogP contribution in [0.3, 0.4) is 0 Å². The lowest BCUT2D eigenvalue weighted by Gasteiger charge is -2.13. The molecule has 0 aliphatic carbocycles. The molecule has 0 unspecified atom stereocenters. The van der Waals surface area contributed by atoms with Gasteiger partial charge in [0, 0.05) is 18.7 Å². The largest absolute Gasteiger partial charge is 0.497 e. The Balaban J connectivity index is 0.00000392. The molecule has 0 saturated heterocycles. The third-order valence-corrected chi connectivity index (χ3v) is 4.10. The Morgan fingerprint density at radius 1 is 0.929 bits per heavy atom. The Kier molecular flexibility index (Phi) is 11.2. The number of ether oxygens (including phenoxy) is 3. The first-order valence-corrected chi connectivity index (χ1v) is 9.06. The van der Waals surface area contributed by atoms with E-state index in [2.05, 4.69) is 27.8 Å². The number of nitrogens with one attached hydrogen (secondary N) is 2. The molecule has 28 heavy (non-hydrogen) atoms. The lowest BCUT2D eigenvalue weighted by Crippen LogP contribution is -2.38. The molecule has 0 heterocycles. The quantitative estimate of drug-likeness (QED) is 0.314. The van der Waals surface area contributed by atoms with Crippen LogP contribution in [-0.4, -0.2) is 40.4 Å². The molecule has 0 amide bonds. The van der Waals surface area contributed by atoms with Gasteiger partial charge < -0.3 is 24.8 Å². The molecule has 0 bridgehead atoms. The number of halogens is 1. The van der Waals surface area contributed by atoms with Gasteiger partial charge in [-0.05, 0) is 37.1 Å². The lowest BCUT2D eigenvalue weighted by molar-refractivity contribution is 0.352. The van der Waals surface area contributed by atoms with E-state index in [4.69, 9.17) is 14.2 Å². The molecular formula is C21H30IN3O3. The van der Waals surface area contributed by atoms with Gasteiger partial charge in [-0.25, -0.2) is 4.99 Å². The van der Waals surface area contributed by atoms with Gasteiger partial charge in [0.25, 0.3) is 0 Å². The summed E-state index contributed by atoms with van der Waals surface area (Å²) in [6.45, 7) is 4.13. The van der Waals surface area contributed by atoms with E-state index in [1.54, 1.807) is 21.3 Å². The van der Waals surface area contributed by atoms with Crippen LogP contribution in [0.1, 0.15) is 18.1 Å². The number of guanidine groups is 1. The average Bonchev–Trinajstić information content (AvgIpc) is 2.72. The summed E-state index contributed by atoms with van der Waals surface area (Å²) in [7, 11) is 4.95. The Morgan fingerprint density at radius 2 is 1.68 bits per heavy atom. The summed E-state index contributed by atoms with van der Waals surface area (Å²) in [5, 5.41) is 6.64. The van der Waals surface area contributed by atoms with E-state index in [-0.39, 0.29) is 24.0 Å². The summed E-state index contributed by atoms with van der Waals surface area (Å²) >= 11 is 0. The topological polar surface area (TPSA) is 64.1 Å². The van der Waals surface area contributed by atoms with Gasteiger partial charge >= 0.3 is 0 Å². The second kappa shape index (κ2) is 13.1. The fourth-order valence-corrected chi connectivity index (χ4v) is 2.70. The number of methoxy groups -OCH3 is 3. The van der Waals surface area contributed by atoms with E-state index in [1.807, 2.05) is 37.3 Å². The van der Waals surface area contributed by atoms with Crippen molar-refractivity contribution in [3.05, 3.63) is 53.6 Å². The van der Waals surface area contributed by atoms with Gasteiger partial charge in [-0.1, -0.05) is 24.3 Å². The molecule has 0 atom stereocenters. The van der Waals surface area contributed by atoms with E-state index in [9.17, 15) is 0 Å². The van der Waals surface area contributed by atoms with Crippen LogP contribution in [0, 0.1) is 0 Å². The van der Waals surface area contributed by atoms with Crippen LogP contribution in [0.5, 0.6) is 17.2 Å². The van der Waals surface area contributed by atoms with E-state index in [0.717, 1.165) is 42.5 Å². The summed E-state index contributed by atoms with van der Waals surface area (Å²) in [4.78, 5) is 4.67. The van der Waals surface area contributed by atoms with Gasteiger partial charge in [-0.2, -0.15) is 0 Å². The SMILES string of the molecule is CCNC(=NCc1cccc(OC)c1OC)NCCc1ccc(OC)cc1.I. The van der Waals surface area contributed by atoms with E-state index in [0.29, 0.717) is 12.3 Å². The highest BCUT2D eigenvalue weighted by Gasteiger charge is 2.09. The molecule has 154 valence electrons. The number of para-hydroxylation sites is 1. The Bertz CT molecular complexity index is 736. The highest BCUT2D eigenvalue weighted by atomic mass is 127. The molecule has 6 nitrogen and oxygen atoms in total. The Labute approximate surface area is 184 Å². The molecule has 0 saturated carbocycles. The fourth-order valence-electron chi connectivity index (χ4n) is 2.70. The van der Waals surface area contributed by atoms with Gasteiger partial charge in [-0.3, -0.25) is 0 Å². The zero-order valence-corrected chi connectivity index (χ0v) is 19.3. The van der Waals surface area contributed by atoms with Crippen molar-refractivity contribution in [2.75, 3.05) is 34.4 Å².